The summed E-state index contributed by atoms with van der Waals surface area (Å²) in [6.07, 6.45) is 0. The van der Waals surface area contributed by atoms with E-state index >= 15 is 0 Å². The highest BCUT2D eigenvalue weighted by Crippen LogP contribution is 2.68. The van der Waals surface area contributed by atoms with Crippen molar-refractivity contribution in [2.75, 3.05) is 14.7 Å². The third-order valence-corrected chi connectivity index (χ3v) is 17.4. The lowest BCUT2D eigenvalue weighted by atomic mass is 9.64. The molecule has 17 rings (SSSR count). The Morgan fingerprint density at radius 1 is 0.286 bits per heavy atom. The van der Waals surface area contributed by atoms with Gasteiger partial charge in [-0.3, -0.25) is 0 Å². The third-order valence-electron chi connectivity index (χ3n) is 17.4. The van der Waals surface area contributed by atoms with Gasteiger partial charge in [0.2, 0.25) is 0 Å². The van der Waals surface area contributed by atoms with Gasteiger partial charge < -0.3 is 23.5 Å². The molecule has 1 spiro atoms. The van der Waals surface area contributed by atoms with Crippen LogP contribution in [-0.4, -0.2) is 0 Å². The van der Waals surface area contributed by atoms with E-state index in [4.69, 9.17) is 8.83 Å². The van der Waals surface area contributed by atoms with Crippen LogP contribution in [0.2, 0.25) is 0 Å². The molecule has 1 aliphatic heterocycles. The smallest absolute Gasteiger partial charge is 0.145 e. The van der Waals surface area contributed by atoms with Crippen LogP contribution in [0.1, 0.15) is 22.3 Å². The van der Waals surface area contributed by atoms with Crippen molar-refractivity contribution in [1.82, 2.24) is 0 Å². The number of benzene rings is 13. The fraction of sp³-hybridized carbons (Fsp3) is 0.0127. The first-order valence-corrected chi connectivity index (χ1v) is 28.7. The molecule has 5 nitrogen and oxygen atoms in total. The molecule has 0 radical (unpaired) electrons. The first kappa shape index (κ1) is 47.6. The van der Waals surface area contributed by atoms with E-state index in [0.717, 1.165) is 140 Å². The van der Waals surface area contributed by atoms with Gasteiger partial charge in [0, 0.05) is 50.3 Å². The Morgan fingerprint density at radius 3 is 1.05 bits per heavy atom. The summed E-state index contributed by atoms with van der Waals surface area (Å²) in [5, 5.41) is 4.09. The predicted molar refractivity (Wildman–Crippen MR) is 347 cm³/mol. The van der Waals surface area contributed by atoms with Crippen LogP contribution in [0.25, 0.3) is 77.3 Å². The second kappa shape index (κ2) is 19.0. The summed E-state index contributed by atoms with van der Waals surface area (Å²) in [7, 11) is 0. The Morgan fingerprint density at radius 2 is 0.619 bits per heavy atom. The van der Waals surface area contributed by atoms with Crippen LogP contribution in [0.3, 0.4) is 0 Å². The van der Waals surface area contributed by atoms with E-state index in [1.807, 2.05) is 0 Å². The number of para-hydroxylation sites is 7. The molecule has 0 N–H and O–H groups in total. The number of nitrogens with zero attached hydrogens (tertiary/aromatic N) is 3. The summed E-state index contributed by atoms with van der Waals surface area (Å²) in [5.41, 5.74) is 22.8. The molecule has 0 bridgehead atoms. The van der Waals surface area contributed by atoms with E-state index in [1.165, 1.54) is 11.1 Å². The van der Waals surface area contributed by atoms with Gasteiger partial charge in [0.15, 0.2) is 0 Å². The van der Waals surface area contributed by atoms with Gasteiger partial charge in [0.25, 0.3) is 0 Å². The largest absolute Gasteiger partial charge is 0.455 e. The van der Waals surface area contributed by atoms with Gasteiger partial charge in [-0.2, -0.15) is 0 Å². The van der Waals surface area contributed by atoms with Crippen molar-refractivity contribution in [3.05, 3.63) is 332 Å². The van der Waals surface area contributed by atoms with Crippen LogP contribution >= 0.6 is 0 Å². The zero-order valence-corrected chi connectivity index (χ0v) is 45.6. The Labute approximate surface area is 486 Å². The van der Waals surface area contributed by atoms with E-state index < -0.39 is 5.41 Å². The average molecular weight is 1070 g/mol. The molecular formula is C79H51N3O2. The number of hydrogen-bond acceptors (Lipinski definition) is 5. The number of rotatable bonds is 9. The molecule has 0 atom stereocenters. The van der Waals surface area contributed by atoms with Gasteiger partial charge in [-0.15, -0.1) is 0 Å². The van der Waals surface area contributed by atoms with E-state index in [9.17, 15) is 0 Å². The van der Waals surface area contributed by atoms with E-state index in [1.54, 1.807) is 0 Å². The van der Waals surface area contributed by atoms with Crippen LogP contribution in [-0.2, 0) is 5.41 Å². The van der Waals surface area contributed by atoms with E-state index in [2.05, 4.69) is 324 Å². The second-order valence-corrected chi connectivity index (χ2v) is 21.9. The minimum Gasteiger partial charge on any atom is -0.455 e. The van der Waals surface area contributed by atoms with Crippen molar-refractivity contribution in [3.8, 4) is 33.4 Å². The number of furan rings is 2. The van der Waals surface area contributed by atoms with Crippen molar-refractivity contribution in [1.29, 1.82) is 0 Å². The van der Waals surface area contributed by atoms with Gasteiger partial charge >= 0.3 is 0 Å². The molecule has 0 fully saturated rings. The molecule has 2 aromatic heterocycles. The highest BCUT2D eigenvalue weighted by atomic mass is 16.3. The van der Waals surface area contributed by atoms with E-state index in [0.29, 0.717) is 0 Å². The molecule has 15 aromatic rings. The maximum atomic E-state index is 7.59. The fourth-order valence-corrected chi connectivity index (χ4v) is 13.9. The lowest BCUT2D eigenvalue weighted by molar-refractivity contribution is 0.665. The summed E-state index contributed by atoms with van der Waals surface area (Å²) >= 11 is 0. The first-order valence-electron chi connectivity index (χ1n) is 28.7. The Balaban J connectivity index is 1.04. The topological polar surface area (TPSA) is 36.0 Å². The van der Waals surface area contributed by atoms with Gasteiger partial charge in [-0.05, 0) is 142 Å². The summed E-state index contributed by atoms with van der Waals surface area (Å²) in [4.78, 5) is 7.32. The molecule has 3 heterocycles. The maximum Gasteiger partial charge on any atom is 0.145 e. The molecule has 0 amide bonds. The van der Waals surface area contributed by atoms with Crippen molar-refractivity contribution in [2.45, 2.75) is 5.41 Å². The summed E-state index contributed by atoms with van der Waals surface area (Å²) < 4.78 is 15.2. The van der Waals surface area contributed by atoms with Gasteiger partial charge in [0.05, 0.1) is 38.9 Å². The minimum atomic E-state index is -0.966. The van der Waals surface area contributed by atoms with Crippen molar-refractivity contribution in [2.24, 2.45) is 0 Å². The molecule has 1 aliphatic carbocycles. The van der Waals surface area contributed by atoms with Gasteiger partial charge in [-0.25, -0.2) is 0 Å². The van der Waals surface area contributed by atoms with Crippen molar-refractivity contribution in [3.63, 3.8) is 0 Å². The Bertz CT molecular complexity index is 4700. The SMILES string of the molecule is c1ccc(-c2ccc(N(c3ccccc3)c3cc4c(c5oc6ccccc6c35)-c3c(cc(N(c5ccccc5)c5ccc(-c6ccccc6)cc5)c5c3oc3ccccc35)C43c4ccccc4N(c4ccccc4)c4ccccc43)cc2)cc1. The van der Waals surface area contributed by atoms with Gasteiger partial charge in [-0.1, -0.05) is 212 Å². The molecule has 0 saturated heterocycles. The molecule has 394 valence electrons. The van der Waals surface area contributed by atoms with E-state index in [-0.39, 0.29) is 0 Å². The Kier molecular flexibility index (Phi) is 10.8. The predicted octanol–water partition coefficient (Wildman–Crippen LogP) is 21.9. The highest BCUT2D eigenvalue weighted by molar-refractivity contribution is 6.25. The van der Waals surface area contributed by atoms with Crippen molar-refractivity contribution < 1.29 is 8.83 Å². The molecule has 2 aliphatic rings. The lowest BCUT2D eigenvalue weighted by Gasteiger charge is -2.45. The average Bonchev–Trinajstić information content (AvgIpc) is 1.60. The molecule has 84 heavy (non-hydrogen) atoms. The fourth-order valence-electron chi connectivity index (χ4n) is 13.9. The molecule has 0 unspecified atom stereocenters. The van der Waals surface area contributed by atoms with Crippen LogP contribution in [0.4, 0.5) is 51.2 Å². The van der Waals surface area contributed by atoms with Crippen LogP contribution < -0.4 is 14.7 Å². The quantitative estimate of drug-likeness (QED) is 0.144. The normalized spacial score (nSPS) is 12.8. The summed E-state index contributed by atoms with van der Waals surface area (Å²) in [6, 6.07) is 112. The van der Waals surface area contributed by atoms with Crippen LogP contribution in [0.15, 0.2) is 318 Å². The molecule has 0 saturated carbocycles. The number of hydrogen-bond donors (Lipinski definition) is 0. The lowest BCUT2D eigenvalue weighted by Crippen LogP contribution is -2.36. The summed E-state index contributed by atoms with van der Waals surface area (Å²) in [6.45, 7) is 0. The second-order valence-electron chi connectivity index (χ2n) is 21.9. The van der Waals surface area contributed by atoms with Gasteiger partial charge in [0.1, 0.15) is 22.3 Å². The van der Waals surface area contributed by atoms with Crippen molar-refractivity contribution >= 4 is 95.1 Å². The Hall–Kier alpha value is -11.1. The molecule has 13 aromatic carbocycles. The third kappa shape index (κ3) is 7.09. The van der Waals surface area contributed by atoms with Crippen LogP contribution in [0.5, 0.6) is 0 Å². The monoisotopic (exact) mass is 1070 g/mol. The maximum absolute atomic E-state index is 7.59. The molecular weight excluding hydrogens is 1020 g/mol. The standard InChI is InChI=1S/C79H51N3O2/c1-6-24-52(25-7-1)54-42-46-59(47-43-54)80(56-28-10-3-11-29-56)69-50-65-75(77-73(69)61-34-16-22-40-71(61)83-77)76-66(79(65)63-36-18-20-38-67(63)82(58-32-14-5-15-33-58)68-39-21-19-37-64(68)79)51-70(74-62-35-17-23-41-72(62)84-78(74)76)81(57-30-12-4-13-31-57)60-48-44-55(45-49-60)53-26-8-2-9-27-53/h1-51H. The first-order chi connectivity index (χ1) is 41.7. The zero-order chi connectivity index (χ0) is 55.3. The molecule has 5 heteroatoms. The highest BCUT2D eigenvalue weighted by Gasteiger charge is 2.55. The summed E-state index contributed by atoms with van der Waals surface area (Å²) in [5.74, 6) is 0. The number of anilines is 9. The number of fused-ring (bicyclic) bond motifs is 17. The zero-order valence-electron chi connectivity index (χ0n) is 45.6. The minimum absolute atomic E-state index is 0.801. The van der Waals surface area contributed by atoms with Crippen LogP contribution in [0, 0.1) is 0 Å².